The first-order valence-electron chi connectivity index (χ1n) is 14.0. The lowest BCUT2D eigenvalue weighted by atomic mass is 10.0. The number of aromatic nitrogens is 1. The maximum atomic E-state index is 14.0. The number of carbonyl (C=O) groups is 2. The Balaban J connectivity index is 1.36. The van der Waals surface area contributed by atoms with Crippen LogP contribution in [0, 0.1) is 27.7 Å². The number of hydrogen-bond acceptors (Lipinski definition) is 8. The molecule has 222 valence electrons. The zero-order valence-corrected chi connectivity index (χ0v) is 27.3. The van der Waals surface area contributed by atoms with Crippen molar-refractivity contribution < 1.29 is 18.7 Å². The third-order valence-corrected chi connectivity index (χ3v) is 9.27. The predicted octanol–water partition coefficient (Wildman–Crippen LogP) is 8.42. The molecule has 5 aromatic rings. The molecule has 1 aliphatic rings. The van der Waals surface area contributed by atoms with Gasteiger partial charge in [0, 0.05) is 0 Å². The summed E-state index contributed by atoms with van der Waals surface area (Å²) in [5.41, 5.74) is 5.95. The molecule has 2 amide bonds. The van der Waals surface area contributed by atoms with Crippen molar-refractivity contribution in [2.24, 2.45) is 0 Å². The van der Waals surface area contributed by atoms with Crippen molar-refractivity contribution in [3.05, 3.63) is 100 Å². The number of thiazole rings is 1. The summed E-state index contributed by atoms with van der Waals surface area (Å²) < 4.78 is 13.5. The van der Waals surface area contributed by atoms with Crippen LogP contribution in [0.4, 0.5) is 11.4 Å². The lowest BCUT2D eigenvalue weighted by Crippen LogP contribution is -2.57. The smallest absolute Gasteiger partial charge is 0.270 e. The van der Waals surface area contributed by atoms with Gasteiger partial charge in [0.2, 0.25) is 0 Å². The van der Waals surface area contributed by atoms with Crippen molar-refractivity contribution in [2.75, 3.05) is 16.4 Å². The normalized spacial score (nSPS) is 13.8. The van der Waals surface area contributed by atoms with E-state index in [0.29, 0.717) is 28.8 Å². The van der Waals surface area contributed by atoms with Crippen LogP contribution in [0.5, 0.6) is 5.75 Å². The van der Waals surface area contributed by atoms with E-state index in [4.69, 9.17) is 26.4 Å². The number of furan rings is 1. The van der Waals surface area contributed by atoms with Crippen LogP contribution in [-0.2, 0) is 9.59 Å². The molecule has 3 aromatic carbocycles. The summed E-state index contributed by atoms with van der Waals surface area (Å²) in [6.45, 7) is 10.4. The highest BCUT2D eigenvalue weighted by Crippen LogP contribution is 2.37. The number of thiocarbonyl (C=S) groups is 1. The maximum absolute atomic E-state index is 14.0. The highest BCUT2D eigenvalue weighted by molar-refractivity contribution is 8.01. The van der Waals surface area contributed by atoms with Crippen LogP contribution in [0.25, 0.3) is 16.3 Å². The van der Waals surface area contributed by atoms with E-state index in [1.165, 1.54) is 39.0 Å². The minimum atomic E-state index is -0.507. The number of benzene rings is 3. The molecule has 1 aliphatic heterocycles. The molecular formula is C34H29N3O4S3. The molecule has 0 bridgehead atoms. The maximum Gasteiger partial charge on any atom is 0.270 e. The van der Waals surface area contributed by atoms with Gasteiger partial charge < -0.3 is 9.15 Å². The van der Waals surface area contributed by atoms with E-state index >= 15 is 0 Å². The summed E-state index contributed by atoms with van der Waals surface area (Å²) in [5.74, 6) is 0.163. The van der Waals surface area contributed by atoms with Crippen molar-refractivity contribution >= 4 is 79.9 Å². The largest absolute Gasteiger partial charge is 0.494 e. The zero-order chi connectivity index (χ0) is 31.1. The Morgan fingerprint density at radius 2 is 1.45 bits per heavy atom. The van der Waals surface area contributed by atoms with Gasteiger partial charge in [-0.2, -0.15) is 0 Å². The van der Waals surface area contributed by atoms with Crippen LogP contribution in [0.1, 0.15) is 34.9 Å². The molecule has 0 radical (unpaired) electrons. The number of nitrogens with zero attached hydrogens (tertiary/aromatic N) is 3. The Morgan fingerprint density at radius 3 is 2.02 bits per heavy atom. The van der Waals surface area contributed by atoms with Gasteiger partial charge >= 0.3 is 0 Å². The van der Waals surface area contributed by atoms with Gasteiger partial charge in [-0.05, 0) is 142 Å². The Labute approximate surface area is 269 Å². The van der Waals surface area contributed by atoms with Gasteiger partial charge in [-0.15, -0.1) is 11.3 Å². The molecule has 3 heterocycles. The molecular weight excluding hydrogens is 611 g/mol. The Bertz CT molecular complexity index is 1870. The van der Waals surface area contributed by atoms with Gasteiger partial charge in [-0.25, -0.2) is 4.98 Å². The Hall–Kier alpha value is -4.25. The number of amides is 2. The Kier molecular flexibility index (Phi) is 8.15. The molecule has 0 atom stereocenters. The van der Waals surface area contributed by atoms with Gasteiger partial charge in [0.05, 0.1) is 28.2 Å². The number of hydrogen-bond donors (Lipinski definition) is 0. The summed E-state index contributed by atoms with van der Waals surface area (Å²) in [5, 5.41) is 0.690. The first-order chi connectivity index (χ1) is 21.1. The van der Waals surface area contributed by atoms with E-state index in [9.17, 15) is 9.59 Å². The molecule has 0 spiro atoms. The van der Waals surface area contributed by atoms with E-state index in [2.05, 4.69) is 0 Å². The van der Waals surface area contributed by atoms with Crippen molar-refractivity contribution in [3.8, 4) is 5.75 Å². The fourth-order valence-corrected chi connectivity index (χ4v) is 7.60. The topological polar surface area (TPSA) is 75.9 Å². The molecule has 10 heteroatoms. The second-order valence-electron chi connectivity index (χ2n) is 10.6. The lowest BCUT2D eigenvalue weighted by molar-refractivity contribution is -0.120. The van der Waals surface area contributed by atoms with Crippen LogP contribution in [0.3, 0.4) is 0 Å². The summed E-state index contributed by atoms with van der Waals surface area (Å²) in [7, 11) is 0. The quantitative estimate of drug-likeness (QED) is 0.101. The van der Waals surface area contributed by atoms with E-state index in [1.54, 1.807) is 12.1 Å². The summed E-state index contributed by atoms with van der Waals surface area (Å²) in [4.78, 5) is 35.6. The van der Waals surface area contributed by atoms with Gasteiger partial charge in [0.1, 0.15) is 17.1 Å². The highest BCUT2D eigenvalue weighted by atomic mass is 32.2. The average Bonchev–Trinajstić information content (AvgIpc) is 3.56. The number of fused-ring (bicyclic) bond motifs is 1. The molecule has 7 nitrogen and oxygen atoms in total. The minimum Gasteiger partial charge on any atom is -0.494 e. The number of rotatable bonds is 7. The predicted molar refractivity (Wildman–Crippen MR) is 181 cm³/mol. The van der Waals surface area contributed by atoms with E-state index in [0.717, 1.165) is 42.6 Å². The summed E-state index contributed by atoms with van der Waals surface area (Å²) >= 11 is 8.74. The number of carbonyl (C=O) groups excluding carboxylic acids is 2. The first-order valence-corrected chi connectivity index (χ1v) is 16.1. The average molecular weight is 640 g/mol. The highest BCUT2D eigenvalue weighted by Gasteiger charge is 2.41. The molecule has 44 heavy (non-hydrogen) atoms. The molecule has 0 N–H and O–H groups in total. The standard InChI is InChI=1S/C34H29N3O4S3/c1-6-40-25-7-9-28-29(18-25)43-33(35-28)44-30-10-8-26(41-30)17-27-31(38)36(23-13-19(2)11-20(3)14-23)34(42)37(32(27)39)24-15-21(4)12-22(5)16-24/h7-18H,6H2,1-5H3. The first kappa shape index (κ1) is 29.8. The minimum absolute atomic E-state index is 0.0498. The van der Waals surface area contributed by atoms with Crippen LogP contribution in [-0.4, -0.2) is 28.5 Å². The lowest BCUT2D eigenvalue weighted by Gasteiger charge is -2.37. The van der Waals surface area contributed by atoms with Crippen molar-refractivity contribution in [1.82, 2.24) is 4.98 Å². The molecule has 1 fully saturated rings. The van der Waals surface area contributed by atoms with Gasteiger partial charge in [-0.1, -0.05) is 12.1 Å². The summed E-state index contributed by atoms with van der Waals surface area (Å²) in [6, 6.07) is 21.0. The molecule has 0 aliphatic carbocycles. The second-order valence-corrected chi connectivity index (χ2v) is 13.3. The Morgan fingerprint density at radius 1 is 0.864 bits per heavy atom. The van der Waals surface area contributed by atoms with Crippen molar-refractivity contribution in [1.29, 1.82) is 0 Å². The molecule has 1 saturated heterocycles. The van der Waals surface area contributed by atoms with Crippen LogP contribution in [0.15, 0.2) is 86.2 Å². The van der Waals surface area contributed by atoms with E-state index in [-0.39, 0.29) is 10.7 Å². The fraction of sp³-hybridized carbons (Fsp3) is 0.176. The second kappa shape index (κ2) is 12.0. The van der Waals surface area contributed by atoms with Gasteiger partial charge in [0.25, 0.3) is 11.8 Å². The number of ether oxygens (including phenoxy) is 1. The van der Waals surface area contributed by atoms with Gasteiger partial charge in [0.15, 0.2) is 14.5 Å². The van der Waals surface area contributed by atoms with Crippen molar-refractivity contribution in [3.63, 3.8) is 0 Å². The number of anilines is 2. The summed E-state index contributed by atoms with van der Waals surface area (Å²) in [6.07, 6.45) is 1.49. The third kappa shape index (κ3) is 5.93. The molecule has 2 aromatic heterocycles. The van der Waals surface area contributed by atoms with E-state index < -0.39 is 11.8 Å². The van der Waals surface area contributed by atoms with Crippen LogP contribution < -0.4 is 14.5 Å². The monoisotopic (exact) mass is 639 g/mol. The fourth-order valence-electron chi connectivity index (χ4n) is 5.22. The van der Waals surface area contributed by atoms with Crippen LogP contribution >= 0.6 is 35.3 Å². The molecule has 0 unspecified atom stereocenters. The number of aryl methyl sites for hydroxylation is 4. The van der Waals surface area contributed by atoms with Gasteiger partial charge in [-0.3, -0.25) is 19.4 Å². The van der Waals surface area contributed by atoms with Crippen LogP contribution in [0.2, 0.25) is 0 Å². The molecule has 0 saturated carbocycles. The third-order valence-electron chi connectivity index (χ3n) is 6.91. The molecule has 6 rings (SSSR count). The SMILES string of the molecule is CCOc1ccc2nc(Sc3ccc(C=C4C(=O)N(c5cc(C)cc(C)c5)C(=S)N(c5cc(C)cc(C)c5)C4=O)o3)sc2c1. The van der Waals surface area contributed by atoms with Crippen molar-refractivity contribution in [2.45, 2.75) is 44.1 Å². The zero-order valence-electron chi connectivity index (χ0n) is 24.8. The van der Waals surface area contributed by atoms with E-state index in [1.807, 2.05) is 89.2 Å².